The lowest BCUT2D eigenvalue weighted by Gasteiger charge is -2.12. The van der Waals surface area contributed by atoms with Crippen LogP contribution in [0.25, 0.3) is 0 Å². The zero-order valence-electron chi connectivity index (χ0n) is 10.3. The molecule has 0 saturated heterocycles. The second-order valence-electron chi connectivity index (χ2n) is 4.23. The first-order valence-electron chi connectivity index (χ1n) is 5.77. The highest BCUT2D eigenvalue weighted by Gasteiger charge is 2.31. The van der Waals surface area contributed by atoms with Gasteiger partial charge in [0.15, 0.2) is 5.56 Å². The number of hydrogen-bond acceptors (Lipinski definition) is 5. The third-order valence-electron chi connectivity index (χ3n) is 2.93. The van der Waals surface area contributed by atoms with Crippen LogP contribution in [0.5, 0.6) is 0 Å². The van der Waals surface area contributed by atoms with E-state index in [2.05, 4.69) is 0 Å². The number of ether oxygens (including phenoxy) is 1. The third-order valence-corrected chi connectivity index (χ3v) is 2.93. The zero-order chi connectivity index (χ0) is 13.4. The van der Waals surface area contributed by atoms with Crippen molar-refractivity contribution in [1.82, 2.24) is 9.13 Å². The van der Waals surface area contributed by atoms with Gasteiger partial charge in [-0.15, -0.1) is 0 Å². The van der Waals surface area contributed by atoms with Gasteiger partial charge in [0.25, 0.3) is 5.56 Å². The topological polar surface area (TPSA) is 96.3 Å². The molecule has 2 N–H and O–H groups in total. The number of nitrogens with zero attached hydrogens (tertiary/aromatic N) is 2. The van der Waals surface area contributed by atoms with Crippen LogP contribution < -0.4 is 17.0 Å². The van der Waals surface area contributed by atoms with Gasteiger partial charge in [0.1, 0.15) is 5.82 Å². The predicted octanol–water partition coefficient (Wildman–Crippen LogP) is -0.359. The standard InChI is InChI=1S/C11H15N3O4/c1-3-18-10(16)7-8(12)13(2)11(17)14(9(7)15)6-4-5-6/h6H,3-5,12H2,1-2H3. The average Bonchev–Trinajstić information content (AvgIpc) is 3.11. The summed E-state index contributed by atoms with van der Waals surface area (Å²) < 4.78 is 6.98. The molecule has 1 saturated carbocycles. The van der Waals surface area contributed by atoms with Crippen LogP contribution in [0.15, 0.2) is 9.59 Å². The fraction of sp³-hybridized carbons (Fsp3) is 0.545. The van der Waals surface area contributed by atoms with E-state index in [1.807, 2.05) is 0 Å². The van der Waals surface area contributed by atoms with Crippen LogP contribution in [0, 0.1) is 0 Å². The van der Waals surface area contributed by atoms with Crippen molar-refractivity contribution in [3.05, 3.63) is 26.4 Å². The predicted molar refractivity (Wildman–Crippen MR) is 64.6 cm³/mol. The first kappa shape index (κ1) is 12.4. The number of aromatic nitrogens is 2. The smallest absolute Gasteiger partial charge is 0.347 e. The summed E-state index contributed by atoms with van der Waals surface area (Å²) in [6.07, 6.45) is 1.53. The lowest BCUT2D eigenvalue weighted by Crippen LogP contribution is -2.43. The van der Waals surface area contributed by atoms with Crippen molar-refractivity contribution in [3.63, 3.8) is 0 Å². The van der Waals surface area contributed by atoms with Gasteiger partial charge in [-0.1, -0.05) is 0 Å². The summed E-state index contributed by atoms with van der Waals surface area (Å²) in [7, 11) is 1.43. The number of anilines is 1. The molecule has 1 aromatic heterocycles. The molecule has 0 radical (unpaired) electrons. The lowest BCUT2D eigenvalue weighted by molar-refractivity contribution is 0.0523. The molecule has 1 heterocycles. The van der Waals surface area contributed by atoms with Crippen molar-refractivity contribution >= 4 is 11.8 Å². The molecule has 98 valence electrons. The molecule has 0 aliphatic heterocycles. The quantitative estimate of drug-likeness (QED) is 0.742. The Labute approximate surface area is 103 Å². The van der Waals surface area contributed by atoms with E-state index in [1.165, 1.54) is 7.05 Å². The summed E-state index contributed by atoms with van der Waals surface area (Å²) >= 11 is 0. The first-order chi connectivity index (χ1) is 8.49. The second-order valence-corrected chi connectivity index (χ2v) is 4.23. The monoisotopic (exact) mass is 253 g/mol. The van der Waals surface area contributed by atoms with Crippen LogP contribution >= 0.6 is 0 Å². The minimum Gasteiger partial charge on any atom is -0.462 e. The van der Waals surface area contributed by atoms with E-state index in [0.29, 0.717) is 0 Å². The van der Waals surface area contributed by atoms with Crippen LogP contribution in [-0.4, -0.2) is 21.7 Å². The van der Waals surface area contributed by atoms with Gasteiger partial charge >= 0.3 is 11.7 Å². The van der Waals surface area contributed by atoms with Crippen LogP contribution in [0.3, 0.4) is 0 Å². The van der Waals surface area contributed by atoms with Gasteiger partial charge in [-0.3, -0.25) is 13.9 Å². The van der Waals surface area contributed by atoms with Crippen LogP contribution in [0.2, 0.25) is 0 Å². The fourth-order valence-corrected chi connectivity index (χ4v) is 1.80. The summed E-state index contributed by atoms with van der Waals surface area (Å²) in [6.45, 7) is 1.78. The molecule has 1 aliphatic carbocycles. The highest BCUT2D eigenvalue weighted by Crippen LogP contribution is 2.32. The molecular formula is C11H15N3O4. The highest BCUT2D eigenvalue weighted by molar-refractivity contribution is 5.93. The summed E-state index contributed by atoms with van der Waals surface area (Å²) in [5, 5.41) is 0. The minimum absolute atomic E-state index is 0.120. The fourth-order valence-electron chi connectivity index (χ4n) is 1.80. The lowest BCUT2D eigenvalue weighted by atomic mass is 10.3. The molecule has 18 heavy (non-hydrogen) atoms. The maximum absolute atomic E-state index is 12.1. The van der Waals surface area contributed by atoms with E-state index >= 15 is 0 Å². The van der Waals surface area contributed by atoms with Gasteiger partial charge in [-0.05, 0) is 19.8 Å². The molecule has 0 aromatic carbocycles. The highest BCUT2D eigenvalue weighted by atomic mass is 16.5. The van der Waals surface area contributed by atoms with E-state index in [1.54, 1.807) is 6.92 Å². The maximum Gasteiger partial charge on any atom is 0.347 e. The molecule has 1 fully saturated rings. The molecule has 0 bridgehead atoms. The second kappa shape index (κ2) is 4.32. The SMILES string of the molecule is CCOC(=O)c1c(N)n(C)c(=O)n(C2CC2)c1=O. The summed E-state index contributed by atoms with van der Waals surface area (Å²) in [5.74, 6) is -0.939. The van der Waals surface area contributed by atoms with E-state index in [0.717, 1.165) is 22.0 Å². The summed E-state index contributed by atoms with van der Waals surface area (Å²) in [6, 6.07) is -0.120. The number of carbonyl (C=O) groups excluding carboxylic acids is 1. The number of hydrogen-bond donors (Lipinski definition) is 1. The Kier molecular flexibility index (Phi) is 2.98. The molecule has 0 amide bonds. The van der Waals surface area contributed by atoms with Gasteiger partial charge < -0.3 is 10.5 Å². The normalized spacial score (nSPS) is 14.6. The molecule has 7 nitrogen and oxygen atoms in total. The molecule has 1 aromatic rings. The van der Waals surface area contributed by atoms with Crippen molar-refractivity contribution in [2.75, 3.05) is 12.3 Å². The summed E-state index contributed by atoms with van der Waals surface area (Å²) in [5.41, 5.74) is 4.25. The van der Waals surface area contributed by atoms with Crippen molar-refractivity contribution in [2.24, 2.45) is 7.05 Å². The van der Waals surface area contributed by atoms with E-state index < -0.39 is 17.2 Å². The van der Waals surface area contributed by atoms with Gasteiger partial charge in [0.2, 0.25) is 0 Å². The van der Waals surface area contributed by atoms with Crippen LogP contribution in [-0.2, 0) is 11.8 Å². The molecular weight excluding hydrogens is 238 g/mol. The number of carbonyl (C=O) groups is 1. The van der Waals surface area contributed by atoms with Crippen molar-refractivity contribution in [2.45, 2.75) is 25.8 Å². The van der Waals surface area contributed by atoms with Gasteiger partial charge in [-0.2, -0.15) is 0 Å². The van der Waals surface area contributed by atoms with Crippen LogP contribution in [0.1, 0.15) is 36.2 Å². The maximum atomic E-state index is 12.1. The summed E-state index contributed by atoms with van der Waals surface area (Å²) in [4.78, 5) is 35.8. The number of nitrogen functional groups attached to an aromatic ring is 1. The Balaban J connectivity index is 2.69. The Morgan fingerprint density at radius 3 is 2.56 bits per heavy atom. The first-order valence-corrected chi connectivity index (χ1v) is 5.77. The molecule has 0 atom stereocenters. The van der Waals surface area contributed by atoms with Crippen molar-refractivity contribution in [3.8, 4) is 0 Å². The molecule has 1 aliphatic rings. The number of nitrogens with two attached hydrogens (primary N) is 1. The minimum atomic E-state index is -0.787. The largest absolute Gasteiger partial charge is 0.462 e. The van der Waals surface area contributed by atoms with E-state index in [4.69, 9.17) is 10.5 Å². The van der Waals surface area contributed by atoms with Crippen molar-refractivity contribution < 1.29 is 9.53 Å². The number of esters is 1. The number of rotatable bonds is 3. The average molecular weight is 253 g/mol. The van der Waals surface area contributed by atoms with Gasteiger partial charge in [0.05, 0.1) is 6.61 Å². The Morgan fingerprint density at radius 1 is 1.44 bits per heavy atom. The molecule has 2 rings (SSSR count). The Hall–Kier alpha value is -2.05. The van der Waals surface area contributed by atoms with Crippen molar-refractivity contribution in [1.29, 1.82) is 0 Å². The molecule has 7 heteroatoms. The van der Waals surface area contributed by atoms with E-state index in [9.17, 15) is 14.4 Å². The zero-order valence-corrected chi connectivity index (χ0v) is 10.3. The van der Waals surface area contributed by atoms with E-state index in [-0.39, 0.29) is 24.0 Å². The Morgan fingerprint density at radius 2 is 2.06 bits per heavy atom. The van der Waals surface area contributed by atoms with Gasteiger partial charge in [0, 0.05) is 13.1 Å². The van der Waals surface area contributed by atoms with Gasteiger partial charge in [-0.25, -0.2) is 9.59 Å². The molecule has 0 spiro atoms. The van der Waals surface area contributed by atoms with Crippen LogP contribution in [0.4, 0.5) is 5.82 Å². The molecule has 0 unspecified atom stereocenters. The Bertz CT molecular complexity index is 610. The third kappa shape index (κ3) is 1.81.